The first kappa shape index (κ1) is 12.6. The Bertz CT molecular complexity index is 388. The van der Waals surface area contributed by atoms with Crippen molar-refractivity contribution in [3.63, 3.8) is 0 Å². The molecule has 0 aromatic rings. The maximum atomic E-state index is 10.9. The molecule has 0 rings (SSSR count). The molecule has 0 saturated carbocycles. The highest BCUT2D eigenvalue weighted by Gasteiger charge is 2.14. The van der Waals surface area contributed by atoms with Gasteiger partial charge >= 0.3 is 16.4 Å². The van der Waals surface area contributed by atoms with Crippen molar-refractivity contribution >= 4 is 16.4 Å². The molecule has 6 heteroatoms. The minimum Gasteiger partial charge on any atom is -0.320 e. The highest BCUT2D eigenvalue weighted by molar-refractivity contribution is 7.81. The van der Waals surface area contributed by atoms with Gasteiger partial charge in [-0.3, -0.25) is 4.55 Å². The zero-order valence-electron chi connectivity index (χ0n) is 7.56. The summed E-state index contributed by atoms with van der Waals surface area (Å²) in [5, 5.41) is 0. The molecule has 0 radical (unpaired) electrons. The van der Waals surface area contributed by atoms with Crippen LogP contribution in [0.15, 0.2) is 36.5 Å². The van der Waals surface area contributed by atoms with Gasteiger partial charge in [-0.2, -0.15) is 8.42 Å². The number of hydrogen-bond donors (Lipinski definition) is 1. The largest absolute Gasteiger partial charge is 0.449 e. The topological polar surface area (TPSA) is 80.7 Å². The summed E-state index contributed by atoms with van der Waals surface area (Å²) >= 11 is 0. The minimum absolute atomic E-state index is 0.194. The highest BCUT2D eigenvalue weighted by atomic mass is 32.3. The van der Waals surface area contributed by atoms with Gasteiger partial charge in [0.25, 0.3) is 0 Å². The van der Waals surface area contributed by atoms with E-state index in [0.29, 0.717) is 5.57 Å². The standard InChI is InChI=1S/C8H10O5S/c1-4-6(2)5-7(3)8(9)13-14(10,11)12/h4-5H,1,3H2,2H3,(H,10,11,12)/b6-5+. The summed E-state index contributed by atoms with van der Waals surface area (Å²) in [6, 6.07) is 0. The Hall–Kier alpha value is -1.40. The molecule has 0 saturated heterocycles. The molecule has 0 bridgehead atoms. The fourth-order valence-corrected chi connectivity index (χ4v) is 0.840. The van der Waals surface area contributed by atoms with Crippen molar-refractivity contribution in [3.8, 4) is 0 Å². The van der Waals surface area contributed by atoms with Gasteiger partial charge in [0.1, 0.15) is 0 Å². The maximum Gasteiger partial charge on any atom is 0.449 e. The molecule has 0 spiro atoms. The fraction of sp³-hybridized carbons (Fsp3) is 0.125. The van der Waals surface area contributed by atoms with Crippen LogP contribution < -0.4 is 0 Å². The molecule has 0 fully saturated rings. The Morgan fingerprint density at radius 1 is 1.50 bits per heavy atom. The zero-order valence-corrected chi connectivity index (χ0v) is 8.37. The van der Waals surface area contributed by atoms with Crippen molar-refractivity contribution in [1.82, 2.24) is 0 Å². The van der Waals surface area contributed by atoms with Crippen molar-refractivity contribution in [1.29, 1.82) is 0 Å². The number of rotatable bonds is 4. The molecule has 0 atom stereocenters. The van der Waals surface area contributed by atoms with E-state index < -0.39 is 16.4 Å². The Morgan fingerprint density at radius 3 is 2.36 bits per heavy atom. The second kappa shape index (κ2) is 4.73. The Balaban J connectivity index is 4.59. The summed E-state index contributed by atoms with van der Waals surface area (Å²) in [5.74, 6) is -1.23. The summed E-state index contributed by atoms with van der Waals surface area (Å²) < 4.78 is 32.1. The number of carbonyl (C=O) groups excluding carboxylic acids is 1. The summed E-state index contributed by atoms with van der Waals surface area (Å²) in [4.78, 5) is 10.9. The lowest BCUT2D eigenvalue weighted by molar-refractivity contribution is -0.129. The van der Waals surface area contributed by atoms with Gasteiger partial charge in [0, 0.05) is 0 Å². The molecular formula is C8H10O5S. The van der Waals surface area contributed by atoms with Gasteiger partial charge in [0.2, 0.25) is 0 Å². The molecule has 0 aliphatic heterocycles. The van der Waals surface area contributed by atoms with Gasteiger partial charge in [-0.05, 0) is 13.0 Å². The van der Waals surface area contributed by atoms with Crippen LogP contribution in [0.3, 0.4) is 0 Å². The van der Waals surface area contributed by atoms with E-state index in [1.54, 1.807) is 6.92 Å². The van der Waals surface area contributed by atoms with E-state index in [1.165, 1.54) is 12.2 Å². The van der Waals surface area contributed by atoms with Gasteiger partial charge in [0.05, 0.1) is 5.57 Å². The normalized spacial score (nSPS) is 12.0. The van der Waals surface area contributed by atoms with Gasteiger partial charge in [-0.15, -0.1) is 0 Å². The van der Waals surface area contributed by atoms with E-state index >= 15 is 0 Å². The predicted octanol–water partition coefficient (Wildman–Crippen LogP) is 1.02. The first-order valence-corrected chi connectivity index (χ1v) is 4.83. The lowest BCUT2D eigenvalue weighted by atomic mass is 10.2. The fourth-order valence-electron chi connectivity index (χ4n) is 0.542. The predicted molar refractivity (Wildman–Crippen MR) is 50.7 cm³/mol. The van der Waals surface area contributed by atoms with Crippen molar-refractivity contribution in [2.75, 3.05) is 0 Å². The van der Waals surface area contributed by atoms with Crippen molar-refractivity contribution < 1.29 is 21.9 Å². The van der Waals surface area contributed by atoms with Crippen LogP contribution in [0, 0.1) is 0 Å². The SMILES string of the molecule is C=C/C(C)=C/C(=C)C(=O)OS(=O)(=O)O. The zero-order chi connectivity index (χ0) is 11.4. The van der Waals surface area contributed by atoms with E-state index in [1.807, 2.05) is 0 Å². The Labute approximate surface area is 82.3 Å². The van der Waals surface area contributed by atoms with E-state index in [0.717, 1.165) is 0 Å². The molecule has 0 unspecified atom stereocenters. The lowest BCUT2D eigenvalue weighted by Crippen LogP contribution is -2.12. The van der Waals surface area contributed by atoms with Crippen LogP contribution in [0.2, 0.25) is 0 Å². The number of allylic oxidation sites excluding steroid dienone is 2. The molecule has 78 valence electrons. The van der Waals surface area contributed by atoms with Gasteiger partial charge in [-0.1, -0.05) is 24.8 Å². The average molecular weight is 218 g/mol. The average Bonchev–Trinajstić information content (AvgIpc) is 2.00. The first-order chi connectivity index (χ1) is 6.26. The monoisotopic (exact) mass is 218 g/mol. The first-order valence-electron chi connectivity index (χ1n) is 3.47. The Morgan fingerprint density at radius 2 is 2.00 bits per heavy atom. The second-order valence-electron chi connectivity index (χ2n) is 2.42. The van der Waals surface area contributed by atoms with Crippen molar-refractivity contribution in [2.24, 2.45) is 0 Å². The summed E-state index contributed by atoms with van der Waals surface area (Å²) in [7, 11) is -4.78. The van der Waals surface area contributed by atoms with Crippen LogP contribution in [0.4, 0.5) is 0 Å². The van der Waals surface area contributed by atoms with Gasteiger partial charge in [0.15, 0.2) is 0 Å². The molecule has 0 aromatic carbocycles. The lowest BCUT2D eigenvalue weighted by Gasteiger charge is -1.99. The van der Waals surface area contributed by atoms with Crippen molar-refractivity contribution in [2.45, 2.75) is 6.92 Å². The van der Waals surface area contributed by atoms with Crippen LogP contribution in [-0.2, 0) is 19.4 Å². The molecule has 0 aliphatic rings. The molecule has 0 amide bonds. The highest BCUT2D eigenvalue weighted by Crippen LogP contribution is 2.04. The summed E-state index contributed by atoms with van der Waals surface area (Å²) in [6.45, 7) is 8.31. The molecule has 0 aliphatic carbocycles. The third-order valence-electron chi connectivity index (χ3n) is 1.17. The minimum atomic E-state index is -4.78. The molecule has 1 N–H and O–H groups in total. The maximum absolute atomic E-state index is 10.9. The van der Waals surface area contributed by atoms with E-state index in [-0.39, 0.29) is 5.57 Å². The van der Waals surface area contributed by atoms with Crippen LogP contribution in [0.5, 0.6) is 0 Å². The second-order valence-corrected chi connectivity index (χ2v) is 3.44. The van der Waals surface area contributed by atoms with E-state index in [4.69, 9.17) is 4.55 Å². The van der Waals surface area contributed by atoms with Crippen LogP contribution in [0.25, 0.3) is 0 Å². The third-order valence-corrected chi connectivity index (χ3v) is 1.53. The quantitative estimate of drug-likeness (QED) is 0.433. The van der Waals surface area contributed by atoms with Crippen molar-refractivity contribution in [3.05, 3.63) is 36.5 Å². The third kappa shape index (κ3) is 5.28. The number of hydrogen-bond acceptors (Lipinski definition) is 4. The molecule has 0 heterocycles. The smallest absolute Gasteiger partial charge is 0.320 e. The van der Waals surface area contributed by atoms with Crippen LogP contribution in [-0.4, -0.2) is 18.9 Å². The molecule has 14 heavy (non-hydrogen) atoms. The van der Waals surface area contributed by atoms with Gasteiger partial charge < -0.3 is 4.18 Å². The Kier molecular flexibility index (Phi) is 4.26. The summed E-state index contributed by atoms with van der Waals surface area (Å²) in [5.41, 5.74) is 0.419. The number of carbonyl (C=O) groups is 1. The molecule has 0 aromatic heterocycles. The van der Waals surface area contributed by atoms with E-state index in [9.17, 15) is 13.2 Å². The van der Waals surface area contributed by atoms with E-state index in [2.05, 4.69) is 17.3 Å². The molecular weight excluding hydrogens is 208 g/mol. The summed E-state index contributed by atoms with van der Waals surface area (Å²) in [6.07, 6.45) is 2.73. The van der Waals surface area contributed by atoms with Crippen LogP contribution >= 0.6 is 0 Å². The molecule has 5 nitrogen and oxygen atoms in total. The van der Waals surface area contributed by atoms with Gasteiger partial charge in [-0.25, -0.2) is 4.79 Å². The van der Waals surface area contributed by atoms with Crippen LogP contribution in [0.1, 0.15) is 6.92 Å².